The van der Waals surface area contributed by atoms with Gasteiger partial charge in [-0.15, -0.1) is 0 Å². The van der Waals surface area contributed by atoms with E-state index in [1.54, 1.807) is 31.0 Å². The van der Waals surface area contributed by atoms with E-state index in [2.05, 4.69) is 15.7 Å². The number of aromatic nitrogens is 2. The predicted molar refractivity (Wildman–Crippen MR) is 79.9 cm³/mol. The van der Waals surface area contributed by atoms with Gasteiger partial charge in [-0.2, -0.15) is 5.10 Å². The van der Waals surface area contributed by atoms with Crippen LogP contribution < -0.4 is 10.6 Å². The van der Waals surface area contributed by atoms with Crippen LogP contribution in [0, 0.1) is 18.6 Å². The van der Waals surface area contributed by atoms with Crippen LogP contribution >= 0.6 is 11.6 Å². The summed E-state index contributed by atoms with van der Waals surface area (Å²) in [7, 11) is 1.75. The normalized spacial score (nSPS) is 12.1. The highest BCUT2D eigenvalue weighted by Gasteiger charge is 2.18. The zero-order valence-corrected chi connectivity index (χ0v) is 13.0. The summed E-state index contributed by atoms with van der Waals surface area (Å²) in [5.74, 6) is -1.83. The number of urea groups is 1. The third kappa shape index (κ3) is 3.36. The molecule has 1 aromatic heterocycles. The van der Waals surface area contributed by atoms with E-state index < -0.39 is 23.4 Å². The number of nitrogens with one attached hydrogen (secondary N) is 2. The number of amides is 2. The molecule has 2 N–H and O–H groups in total. The molecule has 22 heavy (non-hydrogen) atoms. The van der Waals surface area contributed by atoms with Gasteiger partial charge in [-0.25, -0.2) is 13.6 Å². The lowest BCUT2D eigenvalue weighted by Crippen LogP contribution is -2.31. The minimum absolute atomic E-state index is 0.0373. The van der Waals surface area contributed by atoms with Crippen LogP contribution in [0.1, 0.15) is 24.1 Å². The molecule has 1 atom stereocenters. The first kappa shape index (κ1) is 16.2. The van der Waals surface area contributed by atoms with E-state index in [9.17, 15) is 13.6 Å². The Kier molecular flexibility index (Phi) is 4.65. The maximum absolute atomic E-state index is 14.0. The lowest BCUT2D eigenvalue weighted by atomic mass is 10.2. The van der Waals surface area contributed by atoms with Crippen molar-refractivity contribution in [3.63, 3.8) is 0 Å². The van der Waals surface area contributed by atoms with Gasteiger partial charge in [-0.3, -0.25) is 4.68 Å². The molecule has 2 aromatic rings. The van der Waals surface area contributed by atoms with Gasteiger partial charge in [0.1, 0.15) is 5.69 Å². The molecule has 0 radical (unpaired) electrons. The van der Waals surface area contributed by atoms with E-state index in [0.29, 0.717) is 0 Å². The zero-order chi connectivity index (χ0) is 16.4. The van der Waals surface area contributed by atoms with E-state index >= 15 is 0 Å². The number of aryl methyl sites for hydroxylation is 1. The number of benzene rings is 1. The molecular weight excluding hydrogens is 314 g/mol. The number of halogens is 3. The van der Waals surface area contributed by atoms with Gasteiger partial charge in [-0.1, -0.05) is 11.6 Å². The van der Waals surface area contributed by atoms with Crippen molar-refractivity contribution in [2.24, 2.45) is 7.05 Å². The summed E-state index contributed by atoms with van der Waals surface area (Å²) in [6.07, 6.45) is 3.33. The summed E-state index contributed by atoms with van der Waals surface area (Å²) in [4.78, 5) is 11.9. The molecule has 2 rings (SSSR count). The average molecular weight is 329 g/mol. The summed E-state index contributed by atoms with van der Waals surface area (Å²) in [6.45, 7) is 3.13. The Hall–Kier alpha value is -2.15. The van der Waals surface area contributed by atoms with Crippen LogP contribution in [0.25, 0.3) is 0 Å². The number of carbonyl (C=O) groups is 1. The first-order valence-electron chi connectivity index (χ1n) is 6.49. The van der Waals surface area contributed by atoms with E-state index in [4.69, 9.17) is 11.6 Å². The number of carbonyl (C=O) groups excluding carboxylic acids is 1. The molecule has 0 aliphatic carbocycles. The van der Waals surface area contributed by atoms with Crippen molar-refractivity contribution in [1.29, 1.82) is 0 Å². The molecule has 0 aliphatic heterocycles. The van der Waals surface area contributed by atoms with Gasteiger partial charge >= 0.3 is 6.03 Å². The lowest BCUT2D eigenvalue weighted by molar-refractivity contribution is 0.249. The second kappa shape index (κ2) is 6.31. The van der Waals surface area contributed by atoms with E-state index in [0.717, 1.165) is 11.6 Å². The molecule has 0 saturated heterocycles. The molecule has 1 aromatic carbocycles. The fourth-order valence-corrected chi connectivity index (χ4v) is 2.08. The van der Waals surface area contributed by atoms with Crippen molar-refractivity contribution in [2.45, 2.75) is 19.9 Å². The highest BCUT2D eigenvalue weighted by Crippen LogP contribution is 2.28. The molecule has 0 spiro atoms. The quantitative estimate of drug-likeness (QED) is 0.905. The summed E-state index contributed by atoms with van der Waals surface area (Å²) < 4.78 is 29.3. The highest BCUT2D eigenvalue weighted by molar-refractivity contribution is 6.31. The standard InChI is InChI=1S/C14H15ClF2N4O/c1-7-10(15)4-11(16)13(12(7)17)20-14(22)19-8(2)9-5-18-21(3)6-9/h4-6,8H,1-3H3,(H2,19,20,22). The molecule has 8 heteroatoms. The Morgan fingerprint density at radius 2 is 2.14 bits per heavy atom. The van der Waals surface area contributed by atoms with Crippen molar-refractivity contribution in [2.75, 3.05) is 5.32 Å². The third-order valence-electron chi connectivity index (χ3n) is 3.21. The number of hydrogen-bond donors (Lipinski definition) is 2. The maximum atomic E-state index is 14.0. The van der Waals surface area contributed by atoms with E-state index in [-0.39, 0.29) is 16.6 Å². The summed E-state index contributed by atoms with van der Waals surface area (Å²) in [5, 5.41) is 8.70. The average Bonchev–Trinajstić information content (AvgIpc) is 2.88. The Morgan fingerprint density at radius 1 is 1.45 bits per heavy atom. The molecule has 1 heterocycles. The molecule has 5 nitrogen and oxygen atoms in total. The number of hydrogen-bond acceptors (Lipinski definition) is 2. The second-order valence-electron chi connectivity index (χ2n) is 4.92. The zero-order valence-electron chi connectivity index (χ0n) is 12.2. The van der Waals surface area contributed by atoms with Crippen LogP contribution in [0.4, 0.5) is 19.3 Å². The van der Waals surface area contributed by atoms with Gasteiger partial charge in [0.15, 0.2) is 11.6 Å². The fourth-order valence-electron chi connectivity index (χ4n) is 1.90. The molecule has 0 aliphatic rings. The third-order valence-corrected chi connectivity index (χ3v) is 3.60. The molecule has 1 unspecified atom stereocenters. The Morgan fingerprint density at radius 3 is 2.73 bits per heavy atom. The van der Waals surface area contributed by atoms with Crippen LogP contribution in [0.2, 0.25) is 5.02 Å². The first-order valence-corrected chi connectivity index (χ1v) is 6.87. The Bertz CT molecular complexity index is 717. The monoisotopic (exact) mass is 328 g/mol. The van der Waals surface area contributed by atoms with Crippen molar-refractivity contribution in [1.82, 2.24) is 15.1 Å². The molecule has 118 valence electrons. The smallest absolute Gasteiger partial charge is 0.319 e. The van der Waals surface area contributed by atoms with Crippen LogP contribution in [0.3, 0.4) is 0 Å². The molecule has 0 fully saturated rings. The van der Waals surface area contributed by atoms with E-state index in [1.807, 2.05) is 0 Å². The van der Waals surface area contributed by atoms with Gasteiger partial charge in [0.2, 0.25) is 0 Å². The van der Waals surface area contributed by atoms with E-state index in [1.165, 1.54) is 6.92 Å². The minimum Gasteiger partial charge on any atom is -0.331 e. The van der Waals surface area contributed by atoms with Crippen LogP contribution in [-0.4, -0.2) is 15.8 Å². The van der Waals surface area contributed by atoms with Crippen LogP contribution in [-0.2, 0) is 7.05 Å². The second-order valence-corrected chi connectivity index (χ2v) is 5.33. The molecule has 2 amide bonds. The predicted octanol–water partition coefficient (Wildman–Crippen LogP) is 3.54. The number of nitrogens with zero attached hydrogens (tertiary/aromatic N) is 2. The molecule has 0 saturated carbocycles. The number of rotatable bonds is 3. The molecular formula is C14H15ClF2N4O. The Balaban J connectivity index is 2.11. The van der Waals surface area contributed by atoms with Gasteiger partial charge in [0, 0.05) is 29.4 Å². The van der Waals surface area contributed by atoms with Gasteiger partial charge < -0.3 is 10.6 Å². The topological polar surface area (TPSA) is 59.0 Å². The van der Waals surface area contributed by atoms with Crippen LogP contribution in [0.15, 0.2) is 18.5 Å². The summed E-state index contributed by atoms with van der Waals surface area (Å²) in [6, 6.07) is -0.135. The SMILES string of the molecule is Cc1c(Cl)cc(F)c(NC(=O)NC(C)c2cnn(C)c2)c1F. The molecule has 0 bridgehead atoms. The Labute approximate surface area is 131 Å². The van der Waals surface area contributed by atoms with Gasteiger partial charge in [0.05, 0.1) is 12.2 Å². The highest BCUT2D eigenvalue weighted by atomic mass is 35.5. The van der Waals surface area contributed by atoms with Crippen molar-refractivity contribution < 1.29 is 13.6 Å². The number of anilines is 1. The largest absolute Gasteiger partial charge is 0.331 e. The first-order chi connectivity index (χ1) is 10.3. The van der Waals surface area contributed by atoms with Crippen molar-refractivity contribution >= 4 is 23.3 Å². The lowest BCUT2D eigenvalue weighted by Gasteiger charge is -2.15. The minimum atomic E-state index is -0.933. The summed E-state index contributed by atoms with van der Waals surface area (Å²) >= 11 is 5.68. The van der Waals surface area contributed by atoms with Gasteiger partial charge in [0.25, 0.3) is 0 Å². The van der Waals surface area contributed by atoms with Crippen molar-refractivity contribution in [3.05, 3.63) is 46.2 Å². The van der Waals surface area contributed by atoms with Crippen LogP contribution in [0.5, 0.6) is 0 Å². The maximum Gasteiger partial charge on any atom is 0.319 e. The van der Waals surface area contributed by atoms with Crippen molar-refractivity contribution in [3.8, 4) is 0 Å². The van der Waals surface area contributed by atoms with Gasteiger partial charge in [-0.05, 0) is 19.9 Å². The fraction of sp³-hybridized carbons (Fsp3) is 0.286. The summed E-state index contributed by atoms with van der Waals surface area (Å²) in [5.41, 5.74) is 0.308.